The van der Waals surface area contributed by atoms with Gasteiger partial charge in [0.1, 0.15) is 0 Å². The predicted molar refractivity (Wildman–Crippen MR) is 65.5 cm³/mol. The molecule has 3 fully saturated rings. The molecule has 0 radical (unpaired) electrons. The van der Waals surface area contributed by atoms with Gasteiger partial charge in [0, 0.05) is 5.41 Å². The van der Waals surface area contributed by atoms with Gasteiger partial charge in [-0.2, -0.15) is 0 Å². The summed E-state index contributed by atoms with van der Waals surface area (Å²) in [5, 5.41) is 0. The highest BCUT2D eigenvalue weighted by atomic mass is 16.7. The summed E-state index contributed by atoms with van der Waals surface area (Å²) in [5.74, 6) is 1.31. The molecule has 0 N–H and O–H groups in total. The average Bonchev–Trinajstić information content (AvgIpc) is 3.01. The predicted octanol–water partition coefficient (Wildman–Crippen LogP) is 3.28. The minimum absolute atomic E-state index is 0.295. The quantitative estimate of drug-likeness (QED) is 0.648. The summed E-state index contributed by atoms with van der Waals surface area (Å²) >= 11 is 0. The van der Waals surface area contributed by atoms with Gasteiger partial charge in [-0.05, 0) is 50.9 Å². The molecule has 0 spiro atoms. The third kappa shape index (κ3) is 1.18. The lowest BCUT2D eigenvalue weighted by molar-refractivity contribution is -0.242. The minimum Gasteiger partial charge on any atom is -0.347 e. The molecule has 0 amide bonds. The molecule has 0 aromatic heterocycles. The summed E-state index contributed by atoms with van der Waals surface area (Å²) in [6.45, 7) is 3.78. The van der Waals surface area contributed by atoms with Crippen LogP contribution >= 0.6 is 0 Å². The van der Waals surface area contributed by atoms with Gasteiger partial charge in [0.15, 0.2) is 5.79 Å². The lowest BCUT2D eigenvalue weighted by Crippen LogP contribution is -2.50. The second-order valence-electron chi connectivity index (χ2n) is 6.43. The average molecular weight is 234 g/mol. The van der Waals surface area contributed by atoms with Crippen LogP contribution in [0.2, 0.25) is 0 Å². The van der Waals surface area contributed by atoms with Crippen molar-refractivity contribution in [3.05, 3.63) is 11.6 Å². The summed E-state index contributed by atoms with van der Waals surface area (Å²) in [6, 6.07) is 0. The zero-order valence-electron chi connectivity index (χ0n) is 10.7. The van der Waals surface area contributed by atoms with Crippen molar-refractivity contribution < 1.29 is 9.47 Å². The Kier molecular flexibility index (Phi) is 2.09. The molecule has 4 aliphatic rings. The molecule has 1 heterocycles. The molecule has 4 rings (SSSR count). The molecule has 0 aromatic rings. The van der Waals surface area contributed by atoms with Gasteiger partial charge in [-0.25, -0.2) is 0 Å². The molecule has 0 aromatic carbocycles. The number of hydrogen-bond acceptors (Lipinski definition) is 2. The van der Waals surface area contributed by atoms with E-state index in [4.69, 9.17) is 9.47 Å². The smallest absolute Gasteiger partial charge is 0.171 e. The largest absolute Gasteiger partial charge is 0.347 e. The van der Waals surface area contributed by atoms with Crippen molar-refractivity contribution >= 4 is 0 Å². The molecular formula is C15H22O2. The van der Waals surface area contributed by atoms with E-state index in [1.807, 2.05) is 0 Å². The van der Waals surface area contributed by atoms with Crippen LogP contribution in [-0.2, 0) is 9.47 Å². The highest BCUT2D eigenvalue weighted by Gasteiger charge is 2.63. The Morgan fingerprint density at radius 1 is 1.24 bits per heavy atom. The van der Waals surface area contributed by atoms with Crippen molar-refractivity contribution in [1.29, 1.82) is 0 Å². The first-order chi connectivity index (χ1) is 8.25. The molecule has 3 atom stereocenters. The lowest BCUT2D eigenvalue weighted by atomic mass is 9.65. The van der Waals surface area contributed by atoms with Crippen molar-refractivity contribution in [2.45, 2.75) is 51.2 Å². The third-order valence-electron chi connectivity index (χ3n) is 5.91. The first-order valence-corrected chi connectivity index (χ1v) is 7.23. The van der Waals surface area contributed by atoms with Crippen LogP contribution in [0.1, 0.15) is 45.4 Å². The second-order valence-corrected chi connectivity index (χ2v) is 6.43. The number of allylic oxidation sites excluding steroid dienone is 2. The van der Waals surface area contributed by atoms with E-state index < -0.39 is 0 Å². The molecule has 1 saturated heterocycles. The maximum Gasteiger partial charge on any atom is 0.171 e. The highest BCUT2D eigenvalue weighted by Crippen LogP contribution is 2.66. The molecule has 2 nitrogen and oxygen atoms in total. The Bertz CT molecular complexity index is 367. The Morgan fingerprint density at radius 2 is 2.06 bits per heavy atom. The van der Waals surface area contributed by atoms with Crippen molar-refractivity contribution in [3.8, 4) is 0 Å². The van der Waals surface area contributed by atoms with Gasteiger partial charge in [0.2, 0.25) is 0 Å². The minimum atomic E-state index is -0.295. The molecule has 17 heavy (non-hydrogen) atoms. The van der Waals surface area contributed by atoms with Gasteiger partial charge in [0.25, 0.3) is 0 Å². The van der Waals surface area contributed by atoms with E-state index in [0.717, 1.165) is 25.0 Å². The first kappa shape index (κ1) is 10.6. The van der Waals surface area contributed by atoms with Crippen molar-refractivity contribution in [2.75, 3.05) is 13.2 Å². The van der Waals surface area contributed by atoms with Crippen LogP contribution in [0.3, 0.4) is 0 Å². The summed E-state index contributed by atoms with van der Waals surface area (Å²) < 4.78 is 12.1. The molecular weight excluding hydrogens is 212 g/mol. The highest BCUT2D eigenvalue weighted by molar-refractivity contribution is 5.29. The first-order valence-electron chi connectivity index (χ1n) is 7.23. The zero-order chi connectivity index (χ0) is 11.5. The van der Waals surface area contributed by atoms with Gasteiger partial charge < -0.3 is 9.47 Å². The van der Waals surface area contributed by atoms with Crippen molar-refractivity contribution in [2.24, 2.45) is 17.3 Å². The Morgan fingerprint density at radius 3 is 2.88 bits per heavy atom. The molecule has 0 unspecified atom stereocenters. The molecule has 2 saturated carbocycles. The van der Waals surface area contributed by atoms with Crippen LogP contribution in [0, 0.1) is 17.3 Å². The van der Waals surface area contributed by atoms with Gasteiger partial charge >= 0.3 is 0 Å². The van der Waals surface area contributed by atoms with Crippen LogP contribution in [0.25, 0.3) is 0 Å². The standard InChI is InChI=1S/C15H22O2/c1-14(16-8-9-17-14)15-7-3-4-11(10-15)12-5-2-6-13(12)15/h5,11,13H,2-4,6-10H2,1H3/t11-,13-,15-/m1/s1. The summed E-state index contributed by atoms with van der Waals surface area (Å²) in [7, 11) is 0. The van der Waals surface area contributed by atoms with Crippen LogP contribution in [0.15, 0.2) is 11.6 Å². The van der Waals surface area contributed by atoms with Crippen LogP contribution < -0.4 is 0 Å². The van der Waals surface area contributed by atoms with Gasteiger partial charge in [-0.3, -0.25) is 0 Å². The van der Waals surface area contributed by atoms with Crippen molar-refractivity contribution in [1.82, 2.24) is 0 Å². The normalized spacial score (nSPS) is 47.0. The Balaban J connectivity index is 1.79. The number of hydrogen-bond donors (Lipinski definition) is 0. The zero-order valence-corrected chi connectivity index (χ0v) is 10.7. The monoisotopic (exact) mass is 234 g/mol. The van der Waals surface area contributed by atoms with Gasteiger partial charge in [-0.1, -0.05) is 18.1 Å². The number of ether oxygens (including phenoxy) is 2. The number of fused-ring (bicyclic) bond motifs is 5. The fraction of sp³-hybridized carbons (Fsp3) is 0.867. The molecule has 94 valence electrons. The van der Waals surface area contributed by atoms with E-state index in [9.17, 15) is 0 Å². The summed E-state index contributed by atoms with van der Waals surface area (Å²) in [5.41, 5.74) is 2.07. The number of rotatable bonds is 1. The molecule has 2 bridgehead atoms. The van der Waals surface area contributed by atoms with Gasteiger partial charge in [0.05, 0.1) is 13.2 Å². The summed E-state index contributed by atoms with van der Waals surface area (Å²) in [6.07, 6.45) is 10.5. The summed E-state index contributed by atoms with van der Waals surface area (Å²) in [4.78, 5) is 0. The van der Waals surface area contributed by atoms with Gasteiger partial charge in [-0.15, -0.1) is 0 Å². The molecule has 3 aliphatic carbocycles. The van der Waals surface area contributed by atoms with Crippen LogP contribution in [-0.4, -0.2) is 19.0 Å². The van der Waals surface area contributed by atoms with Crippen LogP contribution in [0.4, 0.5) is 0 Å². The molecule has 1 aliphatic heterocycles. The van der Waals surface area contributed by atoms with E-state index in [2.05, 4.69) is 13.0 Å². The van der Waals surface area contributed by atoms with E-state index in [1.54, 1.807) is 5.57 Å². The van der Waals surface area contributed by atoms with E-state index in [0.29, 0.717) is 5.41 Å². The SMILES string of the molecule is CC1([C@]23CCC[C@H](C2)C2=CCC[C@H]23)OCCO1. The van der Waals surface area contributed by atoms with Crippen LogP contribution in [0.5, 0.6) is 0 Å². The Hall–Kier alpha value is -0.340. The maximum absolute atomic E-state index is 6.06. The Labute approximate surface area is 103 Å². The van der Waals surface area contributed by atoms with E-state index >= 15 is 0 Å². The topological polar surface area (TPSA) is 18.5 Å². The second kappa shape index (κ2) is 3.36. The van der Waals surface area contributed by atoms with E-state index in [1.165, 1.54) is 38.5 Å². The fourth-order valence-corrected chi connectivity index (χ4v) is 5.21. The van der Waals surface area contributed by atoms with Crippen molar-refractivity contribution in [3.63, 3.8) is 0 Å². The lowest BCUT2D eigenvalue weighted by Gasteiger charge is -2.47. The fourth-order valence-electron chi connectivity index (χ4n) is 5.21. The molecule has 2 heteroatoms. The third-order valence-corrected chi connectivity index (χ3v) is 5.91. The van der Waals surface area contributed by atoms with E-state index in [-0.39, 0.29) is 5.79 Å². The maximum atomic E-state index is 6.06.